The molecule has 1 rings (SSSR count). The van der Waals surface area contributed by atoms with E-state index in [1.165, 1.54) is 0 Å². The van der Waals surface area contributed by atoms with E-state index in [-0.39, 0.29) is 49.8 Å². The topological polar surface area (TPSA) is 216 Å². The van der Waals surface area contributed by atoms with Crippen LogP contribution in [0.3, 0.4) is 0 Å². The molecule has 0 atom stereocenters. The maximum Gasteiger partial charge on any atom is 0.267 e. The lowest BCUT2D eigenvalue weighted by Gasteiger charge is -2.07. The predicted molar refractivity (Wildman–Crippen MR) is 98.2 cm³/mol. The van der Waals surface area contributed by atoms with Gasteiger partial charge < -0.3 is 21.7 Å². The molecule has 0 aliphatic rings. The number of nitrogens with two attached hydrogens (primary N) is 2. The van der Waals surface area contributed by atoms with Crippen LogP contribution < -0.4 is 26.8 Å². The number of primary sulfonamides is 1. The lowest BCUT2D eigenvalue weighted by atomic mass is 10.2. The van der Waals surface area contributed by atoms with Crippen molar-refractivity contribution in [1.29, 1.82) is 0 Å². The van der Waals surface area contributed by atoms with Gasteiger partial charge in [0.1, 0.15) is 0 Å². The van der Waals surface area contributed by atoms with E-state index in [2.05, 4.69) is 26.1 Å². The van der Waals surface area contributed by atoms with Crippen LogP contribution in [0.15, 0.2) is 4.34 Å². The Morgan fingerprint density at radius 3 is 2.00 bits per heavy atom. The molecule has 0 aliphatic carbocycles. The van der Waals surface area contributed by atoms with E-state index in [9.17, 15) is 27.6 Å². The summed E-state index contributed by atoms with van der Waals surface area (Å²) in [4.78, 5) is 45.4. The van der Waals surface area contributed by atoms with Crippen molar-refractivity contribution in [3.05, 3.63) is 0 Å². The molecule has 0 spiro atoms. The second-order valence-corrected chi connectivity index (χ2v) is 8.20. The second-order valence-electron chi connectivity index (χ2n) is 5.49. The Kier molecular flexibility index (Phi) is 9.40. The third kappa shape index (κ3) is 9.89. The van der Waals surface area contributed by atoms with Crippen molar-refractivity contribution in [3.63, 3.8) is 0 Å². The average molecular weight is 435 g/mol. The zero-order valence-electron chi connectivity index (χ0n) is 14.8. The summed E-state index contributed by atoms with van der Waals surface area (Å²) in [5.74, 6) is -1.68. The van der Waals surface area contributed by atoms with E-state index in [0.717, 1.165) is 0 Å². The van der Waals surface area contributed by atoms with Gasteiger partial charge >= 0.3 is 0 Å². The Morgan fingerprint density at radius 2 is 1.46 bits per heavy atom. The number of sulfonamides is 1. The molecule has 7 N–H and O–H groups in total. The molecule has 0 fully saturated rings. The van der Waals surface area contributed by atoms with Gasteiger partial charge in [-0.25, -0.2) is 13.6 Å². The second kappa shape index (κ2) is 11.3. The number of hydrogen-bond donors (Lipinski definition) is 5. The number of carbonyl (C=O) groups is 4. The zero-order chi connectivity index (χ0) is 21.2. The van der Waals surface area contributed by atoms with Crippen molar-refractivity contribution in [1.82, 2.24) is 20.8 Å². The van der Waals surface area contributed by atoms with Crippen molar-refractivity contribution in [3.8, 4) is 0 Å². The number of anilines is 1. The Balaban J connectivity index is 2.17. The molecule has 1 aromatic rings. The van der Waals surface area contributed by atoms with E-state index >= 15 is 0 Å². The van der Waals surface area contributed by atoms with Gasteiger partial charge in [-0.15, -0.1) is 10.2 Å². The maximum absolute atomic E-state index is 11.7. The van der Waals surface area contributed by atoms with Crippen LogP contribution in [-0.4, -0.2) is 55.3 Å². The Morgan fingerprint density at radius 1 is 0.893 bits per heavy atom. The van der Waals surface area contributed by atoms with Gasteiger partial charge in [0, 0.05) is 38.8 Å². The number of aromatic nitrogens is 2. The first-order chi connectivity index (χ1) is 13.1. The summed E-state index contributed by atoms with van der Waals surface area (Å²) in [5.41, 5.74) is 4.96. The molecule has 28 heavy (non-hydrogen) atoms. The highest BCUT2D eigenvalue weighted by Crippen LogP contribution is 2.18. The van der Waals surface area contributed by atoms with Crippen LogP contribution in [0.2, 0.25) is 0 Å². The molecule has 0 unspecified atom stereocenters. The van der Waals surface area contributed by atoms with E-state index < -0.39 is 32.1 Å². The fraction of sp³-hybridized carbons (Fsp3) is 0.538. The largest absolute Gasteiger partial charge is 0.370 e. The molecule has 0 aliphatic heterocycles. The zero-order valence-corrected chi connectivity index (χ0v) is 16.4. The van der Waals surface area contributed by atoms with Crippen LogP contribution in [0.1, 0.15) is 32.1 Å². The highest BCUT2D eigenvalue weighted by molar-refractivity contribution is 7.91. The quantitative estimate of drug-likeness (QED) is 0.179. The lowest BCUT2D eigenvalue weighted by Crippen LogP contribution is -2.34. The van der Waals surface area contributed by atoms with Crippen molar-refractivity contribution < 1.29 is 27.6 Å². The molecule has 156 valence electrons. The number of amides is 4. The summed E-state index contributed by atoms with van der Waals surface area (Å²) in [6.45, 7) is 0.380. The Bertz CT molecular complexity index is 823. The minimum Gasteiger partial charge on any atom is -0.370 e. The summed E-state index contributed by atoms with van der Waals surface area (Å²) in [6, 6.07) is 0. The number of hydrogen-bond acceptors (Lipinski definition) is 9. The Labute approximate surface area is 164 Å². The van der Waals surface area contributed by atoms with Crippen LogP contribution >= 0.6 is 11.3 Å². The lowest BCUT2D eigenvalue weighted by molar-refractivity contribution is -0.124. The molecule has 0 saturated carbocycles. The van der Waals surface area contributed by atoms with Crippen molar-refractivity contribution in [2.24, 2.45) is 10.9 Å². The molecular weight excluding hydrogens is 414 g/mol. The summed E-state index contributed by atoms with van der Waals surface area (Å²) in [5, 5.41) is 19.0. The first kappa shape index (κ1) is 23.4. The SMILES string of the molecule is NC(=O)CCCC(=O)NCCNC(=O)CCC(=O)Nc1nnc(S(N)(=O)=O)s1. The fourth-order valence-electron chi connectivity index (χ4n) is 1.79. The van der Waals surface area contributed by atoms with E-state index in [4.69, 9.17) is 10.9 Å². The smallest absolute Gasteiger partial charge is 0.267 e. The number of rotatable bonds is 12. The third-order valence-electron chi connectivity index (χ3n) is 3.07. The molecule has 13 nitrogen and oxygen atoms in total. The van der Waals surface area contributed by atoms with Crippen molar-refractivity contribution in [2.45, 2.75) is 36.4 Å². The summed E-state index contributed by atoms with van der Waals surface area (Å²) < 4.78 is 21.7. The van der Waals surface area contributed by atoms with E-state index in [1.807, 2.05) is 0 Å². The maximum atomic E-state index is 11.7. The van der Waals surface area contributed by atoms with E-state index in [1.54, 1.807) is 0 Å². The summed E-state index contributed by atoms with van der Waals surface area (Å²) >= 11 is 0.595. The van der Waals surface area contributed by atoms with Crippen LogP contribution in [0.25, 0.3) is 0 Å². The molecule has 0 radical (unpaired) electrons. The number of primary amides is 1. The van der Waals surface area contributed by atoms with Gasteiger partial charge in [0.15, 0.2) is 0 Å². The highest BCUT2D eigenvalue weighted by Gasteiger charge is 2.16. The first-order valence-electron chi connectivity index (χ1n) is 8.06. The molecule has 1 heterocycles. The van der Waals surface area contributed by atoms with Crippen LogP contribution in [0, 0.1) is 0 Å². The van der Waals surface area contributed by atoms with Crippen molar-refractivity contribution >= 4 is 50.1 Å². The molecule has 1 aromatic heterocycles. The summed E-state index contributed by atoms with van der Waals surface area (Å²) in [7, 11) is -3.99. The van der Waals surface area contributed by atoms with Gasteiger partial charge in [-0.1, -0.05) is 11.3 Å². The first-order valence-corrected chi connectivity index (χ1v) is 10.4. The standard InChI is InChI=1S/C13H21N7O6S2/c14-8(21)2-1-3-9(22)16-6-7-17-10(23)4-5-11(24)18-12-19-20-13(27-12)28(15,25)26/h1-7H2,(H2,14,21)(H,16,22)(H,17,23)(H2,15,25,26)(H,18,19,24). The molecule has 0 aromatic carbocycles. The van der Waals surface area contributed by atoms with Gasteiger partial charge in [-0.05, 0) is 6.42 Å². The van der Waals surface area contributed by atoms with Gasteiger partial charge in [-0.2, -0.15) is 0 Å². The van der Waals surface area contributed by atoms with E-state index in [0.29, 0.717) is 17.8 Å². The van der Waals surface area contributed by atoms with Gasteiger partial charge in [0.05, 0.1) is 0 Å². The Hall–Kier alpha value is -2.65. The van der Waals surface area contributed by atoms with Gasteiger partial charge in [0.25, 0.3) is 10.0 Å². The molecular formula is C13H21N7O6S2. The predicted octanol–water partition coefficient (Wildman–Crippen LogP) is -2.21. The molecule has 0 saturated heterocycles. The fourth-order valence-corrected chi connectivity index (χ4v) is 3.14. The normalized spacial score (nSPS) is 10.9. The highest BCUT2D eigenvalue weighted by atomic mass is 32.2. The van der Waals surface area contributed by atoms with Gasteiger partial charge in [0.2, 0.25) is 33.1 Å². The van der Waals surface area contributed by atoms with Crippen LogP contribution in [0.4, 0.5) is 5.13 Å². The molecule has 4 amide bonds. The van der Waals surface area contributed by atoms with Gasteiger partial charge in [-0.3, -0.25) is 19.2 Å². The third-order valence-corrected chi connectivity index (χ3v) is 5.22. The van der Waals surface area contributed by atoms with Crippen LogP contribution in [0.5, 0.6) is 0 Å². The number of nitrogens with one attached hydrogen (secondary N) is 3. The monoisotopic (exact) mass is 435 g/mol. The van der Waals surface area contributed by atoms with Crippen molar-refractivity contribution in [2.75, 3.05) is 18.4 Å². The number of nitrogens with zero attached hydrogens (tertiary/aromatic N) is 2. The number of carbonyl (C=O) groups excluding carboxylic acids is 4. The minimum absolute atomic E-state index is 0.0477. The van der Waals surface area contributed by atoms with Crippen LogP contribution in [-0.2, 0) is 29.2 Å². The minimum atomic E-state index is -3.99. The molecule has 15 heteroatoms. The summed E-state index contributed by atoms with van der Waals surface area (Å²) in [6.07, 6.45) is 0.382. The average Bonchev–Trinajstić information content (AvgIpc) is 3.05. The molecule has 0 bridgehead atoms.